The number of carbonyl (C=O) groups excluding carboxylic acids is 3. The van der Waals surface area contributed by atoms with E-state index in [4.69, 9.17) is 0 Å². The first-order valence-electron chi connectivity index (χ1n) is 8.19. The molecule has 0 unspecified atom stereocenters. The largest absolute Gasteiger partial charge is 0.342 e. The van der Waals surface area contributed by atoms with E-state index in [1.807, 2.05) is 9.80 Å². The minimum Gasteiger partial charge on any atom is -0.342 e. The molecule has 4 amide bonds. The summed E-state index contributed by atoms with van der Waals surface area (Å²) in [5, 5.41) is 4.83. The SMILES string of the molecule is CCNC(=O)NC(=O)CN1CCC(C(=O)N2CCCC2)CC1. The van der Waals surface area contributed by atoms with E-state index in [1.165, 1.54) is 0 Å². The highest BCUT2D eigenvalue weighted by Gasteiger charge is 2.30. The zero-order chi connectivity index (χ0) is 15.9. The molecule has 2 aliphatic heterocycles. The second-order valence-corrected chi connectivity index (χ2v) is 5.99. The van der Waals surface area contributed by atoms with Gasteiger partial charge in [-0.25, -0.2) is 4.79 Å². The number of rotatable bonds is 4. The van der Waals surface area contributed by atoms with Gasteiger partial charge in [-0.1, -0.05) is 0 Å². The summed E-state index contributed by atoms with van der Waals surface area (Å²) in [6, 6.07) is -0.452. The van der Waals surface area contributed by atoms with Gasteiger partial charge in [-0.15, -0.1) is 0 Å². The lowest BCUT2D eigenvalue weighted by Gasteiger charge is -2.32. The number of urea groups is 1. The number of hydrogen-bond acceptors (Lipinski definition) is 4. The van der Waals surface area contributed by atoms with Crippen molar-refractivity contribution in [3.05, 3.63) is 0 Å². The van der Waals surface area contributed by atoms with Crippen LogP contribution in [0.15, 0.2) is 0 Å². The van der Waals surface area contributed by atoms with Crippen LogP contribution in [-0.4, -0.2) is 66.9 Å². The number of likely N-dealkylation sites (tertiary alicyclic amines) is 2. The summed E-state index contributed by atoms with van der Waals surface area (Å²) >= 11 is 0. The minimum absolute atomic E-state index is 0.0980. The molecule has 22 heavy (non-hydrogen) atoms. The van der Waals surface area contributed by atoms with Gasteiger partial charge in [-0.2, -0.15) is 0 Å². The molecule has 0 aromatic rings. The average molecular weight is 310 g/mol. The highest BCUT2D eigenvalue weighted by molar-refractivity contribution is 5.95. The fourth-order valence-corrected chi connectivity index (χ4v) is 3.11. The van der Waals surface area contributed by atoms with Crippen LogP contribution in [0.5, 0.6) is 0 Å². The Kier molecular flexibility index (Phi) is 6.18. The molecule has 2 heterocycles. The average Bonchev–Trinajstić information content (AvgIpc) is 3.01. The summed E-state index contributed by atoms with van der Waals surface area (Å²) < 4.78 is 0. The van der Waals surface area contributed by atoms with E-state index in [0.717, 1.165) is 51.9 Å². The fourth-order valence-electron chi connectivity index (χ4n) is 3.11. The van der Waals surface area contributed by atoms with Crippen molar-refractivity contribution < 1.29 is 14.4 Å². The van der Waals surface area contributed by atoms with Gasteiger partial charge in [0, 0.05) is 25.6 Å². The van der Waals surface area contributed by atoms with Crippen LogP contribution in [0, 0.1) is 5.92 Å². The molecular weight excluding hydrogens is 284 g/mol. The maximum absolute atomic E-state index is 12.3. The van der Waals surface area contributed by atoms with Crippen LogP contribution in [0.2, 0.25) is 0 Å². The third kappa shape index (κ3) is 4.69. The van der Waals surface area contributed by atoms with E-state index in [-0.39, 0.29) is 24.3 Å². The third-order valence-electron chi connectivity index (χ3n) is 4.31. The Hall–Kier alpha value is -1.63. The second-order valence-electron chi connectivity index (χ2n) is 5.99. The zero-order valence-electron chi connectivity index (χ0n) is 13.3. The smallest absolute Gasteiger partial charge is 0.321 e. The van der Waals surface area contributed by atoms with Gasteiger partial charge in [0.05, 0.1) is 6.54 Å². The fraction of sp³-hybridized carbons (Fsp3) is 0.800. The molecule has 0 aliphatic carbocycles. The van der Waals surface area contributed by atoms with E-state index in [0.29, 0.717) is 6.54 Å². The summed E-state index contributed by atoms with van der Waals surface area (Å²) in [6.45, 7) is 5.75. The van der Waals surface area contributed by atoms with E-state index >= 15 is 0 Å². The van der Waals surface area contributed by atoms with E-state index < -0.39 is 6.03 Å². The molecule has 0 spiro atoms. The molecule has 0 radical (unpaired) electrons. The number of carbonyl (C=O) groups is 3. The van der Waals surface area contributed by atoms with Gasteiger partial charge in [0.2, 0.25) is 11.8 Å². The quantitative estimate of drug-likeness (QED) is 0.775. The van der Waals surface area contributed by atoms with Crippen LogP contribution in [0.1, 0.15) is 32.6 Å². The number of nitrogens with zero attached hydrogens (tertiary/aromatic N) is 2. The van der Waals surface area contributed by atoms with Crippen molar-refractivity contribution in [2.24, 2.45) is 5.92 Å². The molecule has 2 aliphatic rings. The summed E-state index contributed by atoms with van der Waals surface area (Å²) in [5.41, 5.74) is 0. The molecular formula is C15H26N4O3. The number of imide groups is 1. The standard InChI is InChI=1S/C15H26N4O3/c1-2-16-15(22)17-13(20)11-18-9-5-12(6-10-18)14(21)19-7-3-4-8-19/h12H,2-11H2,1H3,(H2,16,17,20,22). The molecule has 0 saturated carbocycles. The normalized spacial score (nSPS) is 20.0. The number of piperidine rings is 1. The Morgan fingerprint density at radius 3 is 2.27 bits per heavy atom. The topological polar surface area (TPSA) is 81.8 Å². The molecule has 7 nitrogen and oxygen atoms in total. The lowest BCUT2D eigenvalue weighted by Crippen LogP contribution is -2.47. The van der Waals surface area contributed by atoms with Crippen LogP contribution < -0.4 is 10.6 Å². The van der Waals surface area contributed by atoms with Gasteiger partial charge < -0.3 is 10.2 Å². The Bertz CT molecular complexity index is 413. The molecule has 124 valence electrons. The molecule has 2 fully saturated rings. The van der Waals surface area contributed by atoms with Crippen molar-refractivity contribution in [3.8, 4) is 0 Å². The third-order valence-corrected chi connectivity index (χ3v) is 4.31. The Morgan fingerprint density at radius 2 is 1.68 bits per heavy atom. The highest BCUT2D eigenvalue weighted by atomic mass is 16.2. The first kappa shape index (κ1) is 16.7. The lowest BCUT2D eigenvalue weighted by molar-refractivity contribution is -0.136. The van der Waals surface area contributed by atoms with Gasteiger partial charge in [-0.3, -0.25) is 19.8 Å². The Labute approximate surface area is 131 Å². The second kappa shape index (κ2) is 8.12. The van der Waals surface area contributed by atoms with Crippen LogP contribution in [0.3, 0.4) is 0 Å². The molecule has 0 bridgehead atoms. The molecule has 0 aromatic heterocycles. The van der Waals surface area contributed by atoms with Gasteiger partial charge in [0.1, 0.15) is 0 Å². The molecule has 2 saturated heterocycles. The van der Waals surface area contributed by atoms with Crippen molar-refractivity contribution in [1.82, 2.24) is 20.4 Å². The van der Waals surface area contributed by atoms with Crippen LogP contribution in [-0.2, 0) is 9.59 Å². The molecule has 0 atom stereocenters. The summed E-state index contributed by atoms with van der Waals surface area (Å²) in [6.07, 6.45) is 3.82. The van der Waals surface area contributed by atoms with Crippen molar-refractivity contribution in [2.45, 2.75) is 32.6 Å². The van der Waals surface area contributed by atoms with Gasteiger partial charge >= 0.3 is 6.03 Å². The summed E-state index contributed by atoms with van der Waals surface area (Å²) in [7, 11) is 0. The predicted molar refractivity (Wildman–Crippen MR) is 82.2 cm³/mol. The van der Waals surface area contributed by atoms with Gasteiger partial charge in [0.15, 0.2) is 0 Å². The van der Waals surface area contributed by atoms with Crippen molar-refractivity contribution in [2.75, 3.05) is 39.3 Å². The maximum atomic E-state index is 12.3. The Morgan fingerprint density at radius 1 is 1.05 bits per heavy atom. The van der Waals surface area contributed by atoms with Crippen LogP contribution in [0.4, 0.5) is 4.79 Å². The summed E-state index contributed by atoms with van der Waals surface area (Å²) in [4.78, 5) is 39.3. The van der Waals surface area contributed by atoms with Crippen molar-refractivity contribution in [3.63, 3.8) is 0 Å². The van der Waals surface area contributed by atoms with E-state index in [2.05, 4.69) is 10.6 Å². The molecule has 2 rings (SSSR count). The minimum atomic E-state index is -0.452. The van der Waals surface area contributed by atoms with Crippen LogP contribution in [0.25, 0.3) is 0 Å². The van der Waals surface area contributed by atoms with Crippen molar-refractivity contribution >= 4 is 17.8 Å². The highest BCUT2D eigenvalue weighted by Crippen LogP contribution is 2.21. The van der Waals surface area contributed by atoms with Gasteiger partial charge in [0.25, 0.3) is 0 Å². The van der Waals surface area contributed by atoms with Gasteiger partial charge in [-0.05, 0) is 45.7 Å². The van der Waals surface area contributed by atoms with Crippen molar-refractivity contribution in [1.29, 1.82) is 0 Å². The number of nitrogens with one attached hydrogen (secondary N) is 2. The van der Waals surface area contributed by atoms with E-state index in [9.17, 15) is 14.4 Å². The Balaban J connectivity index is 1.69. The van der Waals surface area contributed by atoms with Crippen LogP contribution >= 0.6 is 0 Å². The molecule has 7 heteroatoms. The monoisotopic (exact) mass is 310 g/mol. The molecule has 2 N–H and O–H groups in total. The summed E-state index contributed by atoms with van der Waals surface area (Å²) in [5.74, 6) is 0.0833. The molecule has 0 aromatic carbocycles. The lowest BCUT2D eigenvalue weighted by atomic mass is 9.95. The first-order chi connectivity index (χ1) is 10.6. The number of amides is 4. The first-order valence-corrected chi connectivity index (χ1v) is 8.19. The zero-order valence-corrected chi connectivity index (χ0v) is 13.3. The number of hydrogen-bond donors (Lipinski definition) is 2. The van der Waals surface area contributed by atoms with E-state index in [1.54, 1.807) is 6.92 Å². The maximum Gasteiger partial charge on any atom is 0.321 e. The predicted octanol–water partition coefficient (Wildman–Crippen LogP) is 0.167.